The average molecular weight is 510 g/mol. The zero-order valence-corrected chi connectivity index (χ0v) is 22.6. The lowest BCUT2D eigenvalue weighted by Crippen LogP contribution is -2.23. The van der Waals surface area contributed by atoms with Crippen molar-refractivity contribution in [2.75, 3.05) is 18.5 Å². The fourth-order valence-electron chi connectivity index (χ4n) is 2.98. The van der Waals surface area contributed by atoms with E-state index in [9.17, 15) is 0 Å². The molecule has 4 radical (unpaired) electrons. The number of unbranched alkanes of at least 4 members (excludes halogenated alkanes) is 12. The fraction of sp³-hybridized carbons (Fsp3) is 1.00. The van der Waals surface area contributed by atoms with Crippen LogP contribution in [0.15, 0.2) is 0 Å². The van der Waals surface area contributed by atoms with Gasteiger partial charge in [0.1, 0.15) is 6.29 Å². The topological polar surface area (TPSA) is 36.9 Å². The minimum absolute atomic E-state index is 0.00198. The number of ether oxygens (including phenoxy) is 1. The van der Waals surface area contributed by atoms with Crippen LogP contribution in [0, 0.1) is 0 Å². The lowest BCUT2D eigenvalue weighted by atomic mass is 10.1. The van der Waals surface area contributed by atoms with E-state index in [0.717, 1.165) is 44.2 Å². The Morgan fingerprint density at radius 1 is 0.655 bits per heavy atom. The van der Waals surface area contributed by atoms with E-state index in [1.54, 1.807) is 0 Å². The van der Waals surface area contributed by atoms with E-state index in [1.807, 2.05) is 0 Å². The first-order valence-corrected chi connectivity index (χ1v) is 14.7. The summed E-state index contributed by atoms with van der Waals surface area (Å²) in [5, 5.41) is 1.07. The molecule has 0 bridgehead atoms. The van der Waals surface area contributed by atoms with Crippen LogP contribution in [0.2, 0.25) is 0 Å². The van der Waals surface area contributed by atoms with Crippen molar-refractivity contribution in [1.29, 1.82) is 0 Å². The summed E-state index contributed by atoms with van der Waals surface area (Å²) >= 11 is 3.49. The molecule has 0 aromatic rings. The summed E-state index contributed by atoms with van der Waals surface area (Å²) in [6, 6.07) is 0. The molecule has 0 saturated heterocycles. The van der Waals surface area contributed by atoms with Crippen LogP contribution in [0.5, 0.6) is 0 Å². The van der Waals surface area contributed by atoms with Crippen molar-refractivity contribution in [3.63, 3.8) is 0 Å². The first kappa shape index (κ1) is 29.8. The second-order valence-corrected chi connectivity index (χ2v) is 10.1. The van der Waals surface area contributed by atoms with Gasteiger partial charge in [-0.05, 0) is 32.1 Å². The molecule has 0 rings (SSSR count). The van der Waals surface area contributed by atoms with E-state index in [0.29, 0.717) is 0 Å². The van der Waals surface area contributed by atoms with Crippen LogP contribution in [0.1, 0.15) is 117 Å². The van der Waals surface area contributed by atoms with Gasteiger partial charge in [0.2, 0.25) is 0 Å². The van der Waals surface area contributed by atoms with Crippen LogP contribution in [-0.4, -0.2) is 44.8 Å². The van der Waals surface area contributed by atoms with E-state index in [2.05, 4.69) is 29.8 Å². The Kier molecular flexibility index (Phi) is 27.5. The van der Waals surface area contributed by atoms with Crippen molar-refractivity contribution in [3.8, 4) is 0 Å². The molecule has 0 aliphatic carbocycles. The third-order valence-corrected chi connectivity index (χ3v) is 6.71. The van der Waals surface area contributed by atoms with E-state index in [1.165, 1.54) is 77.0 Å². The molecule has 0 heterocycles. The van der Waals surface area contributed by atoms with Gasteiger partial charge in [-0.2, -0.15) is 0 Å². The molecule has 0 aliphatic heterocycles. The Balaban J connectivity index is 3.66. The molecule has 0 fully saturated rings. The maximum absolute atomic E-state index is 5.98. The summed E-state index contributed by atoms with van der Waals surface area (Å²) in [5.41, 5.74) is 0. The van der Waals surface area contributed by atoms with Crippen LogP contribution in [0.3, 0.4) is 0 Å². The van der Waals surface area contributed by atoms with E-state index in [-0.39, 0.29) is 26.3 Å². The highest BCUT2D eigenvalue weighted by Gasteiger charge is 2.11. The SMILES string of the molecule is CCCCCCCCO[Si]O[Si]OC(CCCCCBr)OCCCCCCCC. The summed E-state index contributed by atoms with van der Waals surface area (Å²) in [5.74, 6) is 0. The molecule has 0 spiro atoms. The lowest BCUT2D eigenvalue weighted by molar-refractivity contribution is -0.0915. The molecular formula is C22H45BrO4Si2. The predicted octanol–water partition coefficient (Wildman–Crippen LogP) is 7.12. The van der Waals surface area contributed by atoms with Gasteiger partial charge in [0.15, 0.2) is 0 Å². The number of hydrogen-bond donors (Lipinski definition) is 0. The second-order valence-electron chi connectivity index (χ2n) is 7.61. The second kappa shape index (κ2) is 26.8. The van der Waals surface area contributed by atoms with Crippen LogP contribution in [0.25, 0.3) is 0 Å². The lowest BCUT2D eigenvalue weighted by Gasteiger charge is -2.18. The standard InChI is InChI=1S/C22H45BrO4Si2/c1-3-5-7-9-11-16-20-24-22(18-14-13-15-19-23)26-29-27-28-25-21-17-12-10-8-6-4-2/h22H,3-21H2,1-2H3. The fourth-order valence-corrected chi connectivity index (χ4v) is 4.46. The number of halogens is 1. The number of hydrogen-bond acceptors (Lipinski definition) is 4. The summed E-state index contributed by atoms with van der Waals surface area (Å²) in [6.07, 6.45) is 19.7. The number of rotatable bonds is 25. The molecular weight excluding hydrogens is 464 g/mol. The molecule has 0 aromatic carbocycles. The molecule has 0 N–H and O–H groups in total. The Hall–Kier alpha value is 0.754. The van der Waals surface area contributed by atoms with Crippen molar-refractivity contribution in [1.82, 2.24) is 0 Å². The molecule has 1 atom stereocenters. The largest absolute Gasteiger partial charge is 0.425 e. The smallest absolute Gasteiger partial charge is 0.411 e. The summed E-state index contributed by atoms with van der Waals surface area (Å²) in [7, 11) is 0.0759. The predicted molar refractivity (Wildman–Crippen MR) is 128 cm³/mol. The quantitative estimate of drug-likeness (QED) is 0.0568. The molecule has 29 heavy (non-hydrogen) atoms. The van der Waals surface area contributed by atoms with Crippen molar-refractivity contribution in [2.24, 2.45) is 0 Å². The van der Waals surface area contributed by atoms with Gasteiger partial charge in [0.25, 0.3) is 0 Å². The maximum Gasteiger partial charge on any atom is 0.425 e. The summed E-state index contributed by atoms with van der Waals surface area (Å²) < 4.78 is 22.9. The molecule has 0 saturated carbocycles. The van der Waals surface area contributed by atoms with Gasteiger partial charge in [-0.15, -0.1) is 0 Å². The molecule has 0 aromatic heterocycles. The third kappa shape index (κ3) is 24.9. The molecule has 4 nitrogen and oxygen atoms in total. The van der Waals surface area contributed by atoms with Crippen LogP contribution < -0.4 is 0 Å². The van der Waals surface area contributed by atoms with Gasteiger partial charge in [0.05, 0.1) is 0 Å². The van der Waals surface area contributed by atoms with Crippen LogP contribution >= 0.6 is 15.9 Å². The van der Waals surface area contributed by atoms with E-state index in [4.69, 9.17) is 17.7 Å². The molecule has 0 amide bonds. The van der Waals surface area contributed by atoms with E-state index < -0.39 is 0 Å². The van der Waals surface area contributed by atoms with Gasteiger partial charge in [-0.3, -0.25) is 0 Å². The maximum atomic E-state index is 5.98. The van der Waals surface area contributed by atoms with Gasteiger partial charge in [-0.25, -0.2) is 0 Å². The average Bonchev–Trinajstić information content (AvgIpc) is 2.73. The highest BCUT2D eigenvalue weighted by Crippen LogP contribution is 2.11. The van der Waals surface area contributed by atoms with Crippen molar-refractivity contribution >= 4 is 35.9 Å². The summed E-state index contributed by atoms with van der Waals surface area (Å²) in [4.78, 5) is 0. The Morgan fingerprint density at radius 2 is 1.24 bits per heavy atom. The third-order valence-electron chi connectivity index (χ3n) is 4.80. The van der Waals surface area contributed by atoms with Gasteiger partial charge < -0.3 is 17.7 Å². The van der Waals surface area contributed by atoms with Gasteiger partial charge in [0, 0.05) is 18.5 Å². The van der Waals surface area contributed by atoms with Crippen LogP contribution in [0.4, 0.5) is 0 Å². The van der Waals surface area contributed by atoms with Crippen LogP contribution in [-0.2, 0) is 17.7 Å². The van der Waals surface area contributed by atoms with Crippen molar-refractivity contribution < 1.29 is 17.7 Å². The van der Waals surface area contributed by atoms with Gasteiger partial charge in [-0.1, -0.05) is 100 Å². The molecule has 1 unspecified atom stereocenters. The van der Waals surface area contributed by atoms with Crippen molar-refractivity contribution in [3.05, 3.63) is 0 Å². The highest BCUT2D eigenvalue weighted by molar-refractivity contribution is 9.09. The minimum Gasteiger partial charge on any atom is -0.411 e. The highest BCUT2D eigenvalue weighted by atomic mass is 79.9. The zero-order chi connectivity index (χ0) is 21.3. The van der Waals surface area contributed by atoms with Gasteiger partial charge >= 0.3 is 20.0 Å². The minimum atomic E-state index is -0.136. The van der Waals surface area contributed by atoms with E-state index >= 15 is 0 Å². The Morgan fingerprint density at radius 3 is 1.90 bits per heavy atom. The van der Waals surface area contributed by atoms with Crippen molar-refractivity contribution in [2.45, 2.75) is 123 Å². The number of alkyl halides is 1. The molecule has 7 heteroatoms. The first-order chi connectivity index (χ1) is 14.3. The zero-order valence-electron chi connectivity index (χ0n) is 19.0. The normalized spacial score (nSPS) is 12.5. The molecule has 172 valence electrons. The monoisotopic (exact) mass is 508 g/mol. The Labute approximate surface area is 194 Å². The Bertz CT molecular complexity index is 302. The molecule has 0 aliphatic rings. The summed E-state index contributed by atoms with van der Waals surface area (Å²) in [6.45, 7) is 6.08. The first-order valence-electron chi connectivity index (χ1n) is 12.0.